The van der Waals surface area contributed by atoms with Crippen molar-refractivity contribution in [2.45, 2.75) is 26.1 Å². The second-order valence-electron chi connectivity index (χ2n) is 6.22. The maximum Gasteiger partial charge on any atom is 0.573 e. The average Bonchev–Trinajstić information content (AvgIpc) is 2.97. The first kappa shape index (κ1) is 20.7. The van der Waals surface area contributed by atoms with E-state index in [2.05, 4.69) is 20.6 Å². The maximum absolute atomic E-state index is 12.5. The van der Waals surface area contributed by atoms with Gasteiger partial charge >= 0.3 is 12.4 Å². The Balaban J connectivity index is 1.77. The van der Waals surface area contributed by atoms with E-state index in [0.29, 0.717) is 10.7 Å². The summed E-state index contributed by atoms with van der Waals surface area (Å²) in [6, 6.07) is 9.78. The number of para-hydroxylation sites is 2. The maximum atomic E-state index is 12.5. The molecule has 0 spiro atoms. The normalized spacial score (nSPS) is 14.4. The molecule has 2 aromatic carbocycles. The second kappa shape index (κ2) is 8.57. The highest BCUT2D eigenvalue weighted by Gasteiger charge is 2.32. The van der Waals surface area contributed by atoms with Crippen LogP contribution in [0.2, 0.25) is 5.02 Å². The molecule has 0 atom stereocenters. The highest BCUT2D eigenvalue weighted by molar-refractivity contribution is 6.31. The Hall–Kier alpha value is -3.00. The third kappa shape index (κ3) is 5.29. The lowest BCUT2D eigenvalue weighted by atomic mass is 10.1. The highest BCUT2D eigenvalue weighted by Crippen LogP contribution is 2.31. The van der Waals surface area contributed by atoms with Crippen molar-refractivity contribution in [3.05, 3.63) is 64.2 Å². The Morgan fingerprint density at radius 1 is 1.21 bits per heavy atom. The van der Waals surface area contributed by atoms with Gasteiger partial charge in [-0.25, -0.2) is 10.2 Å². The monoisotopic (exact) mass is 423 g/mol. The highest BCUT2D eigenvalue weighted by atomic mass is 35.5. The number of urea groups is 1. The zero-order valence-electron chi connectivity index (χ0n) is 15.3. The lowest BCUT2D eigenvalue weighted by Crippen LogP contribution is -2.26. The smallest absolute Gasteiger partial charge is 0.404 e. The minimum atomic E-state index is -4.87. The fourth-order valence-corrected chi connectivity index (χ4v) is 3.11. The number of nitrogens with zero attached hydrogens (tertiary/aromatic N) is 1. The number of anilines is 1. The molecule has 2 amide bonds. The number of allylic oxidation sites excluding steroid dienone is 1. The zero-order chi connectivity index (χ0) is 21.0. The van der Waals surface area contributed by atoms with E-state index in [1.807, 2.05) is 19.1 Å². The predicted molar refractivity (Wildman–Crippen MR) is 106 cm³/mol. The van der Waals surface area contributed by atoms with Crippen molar-refractivity contribution < 1.29 is 22.7 Å². The van der Waals surface area contributed by atoms with Gasteiger partial charge in [0.15, 0.2) is 5.75 Å². The van der Waals surface area contributed by atoms with E-state index in [1.165, 1.54) is 18.2 Å². The molecule has 0 fully saturated rings. The van der Waals surface area contributed by atoms with Crippen LogP contribution in [-0.4, -0.2) is 18.1 Å². The Bertz CT molecular complexity index is 987. The first-order chi connectivity index (χ1) is 13.8. The van der Waals surface area contributed by atoms with Gasteiger partial charge in [-0.15, -0.1) is 13.2 Å². The van der Waals surface area contributed by atoms with E-state index < -0.39 is 18.1 Å². The Morgan fingerprint density at radius 2 is 1.97 bits per heavy atom. The van der Waals surface area contributed by atoms with Crippen LogP contribution >= 0.6 is 11.6 Å². The summed E-state index contributed by atoms with van der Waals surface area (Å²) in [6.45, 7) is 2.02. The molecule has 0 heterocycles. The van der Waals surface area contributed by atoms with Gasteiger partial charge in [0.25, 0.3) is 0 Å². The average molecular weight is 424 g/mol. The van der Waals surface area contributed by atoms with Crippen molar-refractivity contribution in [3.63, 3.8) is 0 Å². The van der Waals surface area contributed by atoms with Crippen LogP contribution < -0.4 is 15.5 Å². The van der Waals surface area contributed by atoms with Crippen LogP contribution in [0.15, 0.2) is 53.1 Å². The standard InChI is InChI=1S/C20H17ClF3N3O2/c1-2-5-12-10-13-11-14(21)8-9-15(13)18(12)26-27-19(28)25-16-6-3-4-7-17(16)29-20(22,23)24/h3-4,6-11H,2,5H2,1H3,(H2,25,27,28). The van der Waals surface area contributed by atoms with Crippen LogP contribution in [-0.2, 0) is 0 Å². The number of halogens is 4. The van der Waals surface area contributed by atoms with E-state index in [4.69, 9.17) is 11.6 Å². The van der Waals surface area contributed by atoms with Crippen molar-refractivity contribution >= 4 is 35.1 Å². The van der Waals surface area contributed by atoms with Crippen molar-refractivity contribution in [2.24, 2.45) is 5.10 Å². The Labute approximate surface area is 170 Å². The topological polar surface area (TPSA) is 62.7 Å². The number of hydrazone groups is 1. The Kier molecular flexibility index (Phi) is 6.12. The second-order valence-corrected chi connectivity index (χ2v) is 6.66. The van der Waals surface area contributed by atoms with Crippen LogP contribution in [0.4, 0.5) is 23.7 Å². The van der Waals surface area contributed by atoms with Crippen molar-refractivity contribution in [1.29, 1.82) is 0 Å². The quantitative estimate of drug-likeness (QED) is 0.583. The number of carbonyl (C=O) groups excluding carboxylic acids is 1. The largest absolute Gasteiger partial charge is 0.573 e. The molecular weight excluding hydrogens is 407 g/mol. The summed E-state index contributed by atoms with van der Waals surface area (Å²) in [5.74, 6) is -0.518. The number of ether oxygens (including phenoxy) is 1. The molecule has 29 heavy (non-hydrogen) atoms. The minimum absolute atomic E-state index is 0.134. The van der Waals surface area contributed by atoms with E-state index in [0.717, 1.165) is 35.6 Å². The molecule has 1 aliphatic carbocycles. The lowest BCUT2D eigenvalue weighted by molar-refractivity contribution is -0.274. The molecule has 0 unspecified atom stereocenters. The number of fused-ring (bicyclic) bond motifs is 1. The van der Waals surface area contributed by atoms with Gasteiger partial charge in [0.1, 0.15) is 0 Å². The van der Waals surface area contributed by atoms with Crippen LogP contribution in [0.25, 0.3) is 6.08 Å². The number of carbonyl (C=O) groups is 1. The number of hydrogen-bond donors (Lipinski definition) is 2. The molecule has 0 saturated heterocycles. The molecule has 152 valence electrons. The van der Waals surface area contributed by atoms with E-state index >= 15 is 0 Å². The number of amides is 2. The molecule has 3 rings (SSSR count). The van der Waals surface area contributed by atoms with Crippen molar-refractivity contribution in [2.75, 3.05) is 5.32 Å². The first-order valence-electron chi connectivity index (χ1n) is 8.77. The number of hydrogen-bond acceptors (Lipinski definition) is 3. The molecule has 9 heteroatoms. The number of alkyl halides is 3. The van der Waals surface area contributed by atoms with E-state index in [9.17, 15) is 18.0 Å². The van der Waals surface area contributed by atoms with Gasteiger partial charge in [0.05, 0.1) is 11.4 Å². The zero-order valence-corrected chi connectivity index (χ0v) is 16.1. The molecule has 0 aromatic heterocycles. The fourth-order valence-electron chi connectivity index (χ4n) is 2.93. The van der Waals surface area contributed by atoms with Crippen molar-refractivity contribution in [1.82, 2.24) is 5.43 Å². The van der Waals surface area contributed by atoms with Gasteiger partial charge in [0, 0.05) is 10.6 Å². The van der Waals surface area contributed by atoms with Crippen molar-refractivity contribution in [3.8, 4) is 5.75 Å². The third-order valence-electron chi connectivity index (χ3n) is 4.05. The van der Waals surface area contributed by atoms with Gasteiger partial charge < -0.3 is 10.1 Å². The molecule has 0 bridgehead atoms. The molecule has 0 aliphatic heterocycles. The first-order valence-corrected chi connectivity index (χ1v) is 9.15. The third-order valence-corrected chi connectivity index (χ3v) is 4.29. The van der Waals surface area contributed by atoms with Crippen LogP contribution in [0.3, 0.4) is 0 Å². The fraction of sp³-hybridized carbons (Fsp3) is 0.200. The molecule has 2 N–H and O–H groups in total. The summed E-state index contributed by atoms with van der Waals surface area (Å²) >= 11 is 6.03. The van der Waals surface area contributed by atoms with Gasteiger partial charge in [-0.3, -0.25) is 0 Å². The van der Waals surface area contributed by atoms with Gasteiger partial charge in [-0.05, 0) is 47.9 Å². The summed E-state index contributed by atoms with van der Waals surface area (Å²) < 4.78 is 41.4. The van der Waals surface area contributed by atoms with E-state index in [-0.39, 0.29) is 5.69 Å². The summed E-state index contributed by atoms with van der Waals surface area (Å²) in [5, 5.41) is 7.08. The van der Waals surface area contributed by atoms with Crippen LogP contribution in [0.5, 0.6) is 5.75 Å². The van der Waals surface area contributed by atoms with Crippen LogP contribution in [0, 0.1) is 0 Å². The molecule has 0 saturated carbocycles. The molecule has 2 aromatic rings. The minimum Gasteiger partial charge on any atom is -0.404 e. The SMILES string of the molecule is CCCC1=Cc2cc(Cl)ccc2C1=NNC(=O)Nc1ccccc1OC(F)(F)F. The predicted octanol–water partition coefficient (Wildman–Crippen LogP) is 5.96. The van der Waals surface area contributed by atoms with Gasteiger partial charge in [-0.2, -0.15) is 5.10 Å². The van der Waals surface area contributed by atoms with E-state index in [1.54, 1.807) is 12.1 Å². The lowest BCUT2D eigenvalue weighted by Gasteiger charge is -2.13. The molecule has 5 nitrogen and oxygen atoms in total. The number of rotatable bonds is 5. The van der Waals surface area contributed by atoms with Crippen LogP contribution in [0.1, 0.15) is 30.9 Å². The number of nitrogens with one attached hydrogen (secondary N) is 2. The Morgan fingerprint density at radius 3 is 2.69 bits per heavy atom. The molecule has 0 radical (unpaired) electrons. The molecular formula is C20H17ClF3N3O2. The summed E-state index contributed by atoms with van der Waals surface area (Å²) in [6.07, 6.45) is -1.30. The van der Waals surface area contributed by atoms with Gasteiger partial charge in [-0.1, -0.05) is 43.1 Å². The summed E-state index contributed by atoms with van der Waals surface area (Å²) in [7, 11) is 0. The molecule has 1 aliphatic rings. The van der Waals surface area contributed by atoms with Gasteiger partial charge in [0.2, 0.25) is 0 Å². The number of benzene rings is 2. The summed E-state index contributed by atoms with van der Waals surface area (Å²) in [5.41, 5.74) is 5.44. The summed E-state index contributed by atoms with van der Waals surface area (Å²) in [4.78, 5) is 12.2.